The van der Waals surface area contributed by atoms with E-state index in [1.54, 1.807) is 13.1 Å². The first kappa shape index (κ1) is 9.08. The van der Waals surface area contributed by atoms with Crippen molar-refractivity contribution in [3.05, 3.63) is 17.1 Å². The minimum Gasteiger partial charge on any atom is -0.504 e. The number of aromatic nitrogens is 1. The van der Waals surface area contributed by atoms with E-state index in [4.69, 9.17) is 4.74 Å². The van der Waals surface area contributed by atoms with E-state index in [-0.39, 0.29) is 10.6 Å². The molecule has 4 nitrogen and oxygen atoms in total. The molecule has 2 heterocycles. The van der Waals surface area contributed by atoms with Gasteiger partial charge in [-0.2, -0.15) is 0 Å². The third kappa shape index (κ3) is 1.26. The molecule has 0 aliphatic rings. The Morgan fingerprint density at radius 1 is 1.71 bits per heavy atom. The molecule has 5 heteroatoms. The fraction of sp³-hybridized carbons (Fsp3) is 0.222. The Hall–Kier alpha value is -1.49. The number of aromatic hydroxyl groups is 1. The Bertz CT molecular complexity index is 471. The number of carbonyl (C=O) groups is 1. The Labute approximate surface area is 84.1 Å². The molecule has 14 heavy (non-hydrogen) atoms. The van der Waals surface area contributed by atoms with Crippen LogP contribution in [0.5, 0.6) is 5.75 Å². The van der Waals surface area contributed by atoms with E-state index < -0.39 is 5.97 Å². The molecular formula is C9H9NO3S. The first-order chi connectivity index (χ1) is 6.74. The van der Waals surface area contributed by atoms with Gasteiger partial charge in [0.25, 0.3) is 0 Å². The summed E-state index contributed by atoms with van der Waals surface area (Å²) in [5.74, 6) is -0.493. The topological polar surface area (TPSA) is 62.3 Å². The van der Waals surface area contributed by atoms with Crippen LogP contribution in [-0.2, 0) is 4.74 Å². The maximum atomic E-state index is 11.3. The Morgan fingerprint density at radius 2 is 2.50 bits per heavy atom. The van der Waals surface area contributed by atoms with Gasteiger partial charge in [0.15, 0.2) is 10.6 Å². The molecule has 0 radical (unpaired) electrons. The smallest absolute Gasteiger partial charge is 0.352 e. The highest BCUT2D eigenvalue weighted by molar-refractivity contribution is 7.21. The lowest BCUT2D eigenvalue weighted by Crippen LogP contribution is -2.02. The second-order valence-corrected chi connectivity index (χ2v) is 3.77. The summed E-state index contributed by atoms with van der Waals surface area (Å²) in [6.45, 7) is 2.04. The fourth-order valence-corrected chi connectivity index (χ4v) is 2.19. The van der Waals surface area contributed by atoms with Crippen LogP contribution in [0.15, 0.2) is 12.3 Å². The molecule has 0 saturated carbocycles. The molecule has 0 unspecified atom stereocenters. The number of aromatic amines is 1. The van der Waals surface area contributed by atoms with Gasteiger partial charge < -0.3 is 14.8 Å². The number of fused-ring (bicyclic) bond motifs is 1. The van der Waals surface area contributed by atoms with Gasteiger partial charge in [-0.15, -0.1) is 11.3 Å². The number of H-pyrrole nitrogens is 1. The number of nitrogens with one attached hydrogen (secondary N) is 1. The summed E-state index contributed by atoms with van der Waals surface area (Å²) in [6.07, 6.45) is 1.72. The third-order valence-electron chi connectivity index (χ3n) is 1.83. The highest BCUT2D eigenvalue weighted by atomic mass is 32.1. The molecule has 2 N–H and O–H groups in total. The lowest BCUT2D eigenvalue weighted by molar-refractivity contribution is 0.0529. The van der Waals surface area contributed by atoms with E-state index >= 15 is 0 Å². The number of hydrogen-bond acceptors (Lipinski definition) is 4. The van der Waals surface area contributed by atoms with Crippen molar-refractivity contribution < 1.29 is 14.6 Å². The van der Waals surface area contributed by atoms with Crippen molar-refractivity contribution >= 4 is 27.5 Å². The number of carbonyl (C=O) groups excluding carboxylic acids is 1. The zero-order valence-corrected chi connectivity index (χ0v) is 8.35. The van der Waals surface area contributed by atoms with E-state index in [1.165, 1.54) is 11.3 Å². The van der Waals surface area contributed by atoms with E-state index in [2.05, 4.69) is 4.98 Å². The maximum absolute atomic E-state index is 11.3. The van der Waals surface area contributed by atoms with Gasteiger partial charge in [-0.25, -0.2) is 4.79 Å². The van der Waals surface area contributed by atoms with Gasteiger partial charge in [-0.3, -0.25) is 0 Å². The van der Waals surface area contributed by atoms with Gasteiger partial charge in [0.05, 0.1) is 16.8 Å². The summed E-state index contributed by atoms with van der Waals surface area (Å²) >= 11 is 1.22. The molecular weight excluding hydrogens is 202 g/mol. The van der Waals surface area contributed by atoms with Crippen LogP contribution in [0.1, 0.15) is 16.6 Å². The van der Waals surface area contributed by atoms with Gasteiger partial charge in [0, 0.05) is 6.20 Å². The van der Waals surface area contributed by atoms with Crippen molar-refractivity contribution in [2.24, 2.45) is 0 Å². The minimum absolute atomic E-state index is 0.0200. The van der Waals surface area contributed by atoms with Crippen LogP contribution >= 0.6 is 11.3 Å². The summed E-state index contributed by atoms with van der Waals surface area (Å²) in [4.78, 5) is 14.5. The van der Waals surface area contributed by atoms with Crippen LogP contribution in [0.25, 0.3) is 10.2 Å². The lowest BCUT2D eigenvalue weighted by atomic mass is 10.4. The molecule has 0 fully saturated rings. The average Bonchev–Trinajstić information content (AvgIpc) is 2.69. The zero-order chi connectivity index (χ0) is 10.1. The van der Waals surface area contributed by atoms with E-state index in [0.29, 0.717) is 12.1 Å². The number of rotatable bonds is 2. The Balaban J connectivity index is 2.47. The first-order valence-electron chi connectivity index (χ1n) is 4.20. The fourth-order valence-electron chi connectivity index (χ4n) is 1.23. The van der Waals surface area contributed by atoms with Crippen molar-refractivity contribution in [1.29, 1.82) is 0 Å². The molecule has 0 atom stereocenters. The number of thiophene rings is 1. The number of ether oxygens (including phenoxy) is 1. The average molecular weight is 211 g/mol. The van der Waals surface area contributed by atoms with Crippen LogP contribution in [0, 0.1) is 0 Å². The van der Waals surface area contributed by atoms with Crippen LogP contribution in [0.4, 0.5) is 0 Å². The SMILES string of the molecule is CCOC(=O)c1sc2cc[nH]c2c1O. The minimum atomic E-state index is -0.473. The maximum Gasteiger partial charge on any atom is 0.352 e. The van der Waals surface area contributed by atoms with Crippen LogP contribution in [0.3, 0.4) is 0 Å². The number of esters is 1. The van der Waals surface area contributed by atoms with Crippen LogP contribution < -0.4 is 0 Å². The Morgan fingerprint density at radius 3 is 3.14 bits per heavy atom. The summed E-state index contributed by atoms with van der Waals surface area (Å²) in [7, 11) is 0. The van der Waals surface area contributed by atoms with Crippen molar-refractivity contribution in [1.82, 2.24) is 4.98 Å². The molecule has 0 saturated heterocycles. The van der Waals surface area contributed by atoms with E-state index in [0.717, 1.165) is 4.70 Å². The first-order valence-corrected chi connectivity index (χ1v) is 5.01. The summed E-state index contributed by atoms with van der Waals surface area (Å²) in [5.41, 5.74) is 0.595. The highest BCUT2D eigenvalue weighted by Gasteiger charge is 2.19. The van der Waals surface area contributed by atoms with Gasteiger partial charge in [0.2, 0.25) is 0 Å². The van der Waals surface area contributed by atoms with Gasteiger partial charge in [0.1, 0.15) is 0 Å². The molecule has 2 aromatic rings. The number of hydrogen-bond donors (Lipinski definition) is 2. The highest BCUT2D eigenvalue weighted by Crippen LogP contribution is 2.36. The van der Waals surface area contributed by atoms with Crippen LogP contribution in [-0.4, -0.2) is 22.7 Å². The predicted octanol–water partition coefficient (Wildman–Crippen LogP) is 2.11. The van der Waals surface area contributed by atoms with Crippen molar-refractivity contribution in [3.63, 3.8) is 0 Å². The largest absolute Gasteiger partial charge is 0.504 e. The Kier molecular flexibility index (Phi) is 2.17. The monoisotopic (exact) mass is 211 g/mol. The lowest BCUT2D eigenvalue weighted by Gasteiger charge is -1.98. The van der Waals surface area contributed by atoms with E-state index in [9.17, 15) is 9.90 Å². The van der Waals surface area contributed by atoms with E-state index in [1.807, 2.05) is 6.07 Å². The third-order valence-corrected chi connectivity index (χ3v) is 2.96. The predicted molar refractivity (Wildman–Crippen MR) is 53.8 cm³/mol. The zero-order valence-electron chi connectivity index (χ0n) is 7.53. The van der Waals surface area contributed by atoms with Crippen molar-refractivity contribution in [2.75, 3.05) is 6.61 Å². The van der Waals surface area contributed by atoms with Gasteiger partial charge in [-0.05, 0) is 13.0 Å². The molecule has 0 aliphatic carbocycles. The quantitative estimate of drug-likeness (QED) is 0.748. The molecule has 0 bridgehead atoms. The normalized spacial score (nSPS) is 10.6. The second-order valence-electron chi connectivity index (χ2n) is 2.72. The van der Waals surface area contributed by atoms with Crippen molar-refractivity contribution in [3.8, 4) is 5.75 Å². The summed E-state index contributed by atoms with van der Waals surface area (Å²) < 4.78 is 5.66. The summed E-state index contributed by atoms with van der Waals surface area (Å²) in [6, 6.07) is 1.81. The molecule has 0 spiro atoms. The van der Waals surface area contributed by atoms with Gasteiger partial charge >= 0.3 is 5.97 Å². The molecule has 0 aliphatic heterocycles. The summed E-state index contributed by atoms with van der Waals surface area (Å²) in [5, 5.41) is 9.65. The standard InChI is InChI=1S/C9H9NO3S/c1-2-13-9(12)8-7(11)6-5(14-8)3-4-10-6/h3-4,10-11H,2H2,1H3. The molecule has 74 valence electrons. The van der Waals surface area contributed by atoms with Gasteiger partial charge in [-0.1, -0.05) is 0 Å². The molecule has 2 rings (SSSR count). The molecule has 2 aromatic heterocycles. The van der Waals surface area contributed by atoms with Crippen LogP contribution in [0.2, 0.25) is 0 Å². The second kappa shape index (κ2) is 3.34. The molecule has 0 amide bonds. The molecule has 0 aromatic carbocycles. The van der Waals surface area contributed by atoms with Crippen molar-refractivity contribution in [2.45, 2.75) is 6.92 Å².